The van der Waals surface area contributed by atoms with Crippen LogP contribution in [0.3, 0.4) is 0 Å². The van der Waals surface area contributed by atoms with Crippen LogP contribution in [-0.4, -0.2) is 16.2 Å². The normalized spacial score (nSPS) is 51.0. The van der Waals surface area contributed by atoms with Crippen LogP contribution in [-0.2, 0) is 0 Å². The summed E-state index contributed by atoms with van der Waals surface area (Å²) >= 11 is 0. The molecular formula is C10H21NO2. The van der Waals surface area contributed by atoms with Crippen molar-refractivity contribution in [3.8, 4) is 0 Å². The van der Waals surface area contributed by atoms with E-state index in [1.807, 2.05) is 0 Å². The highest BCUT2D eigenvalue weighted by molar-refractivity contribution is 5.01. The van der Waals surface area contributed by atoms with Gasteiger partial charge in [0.15, 0.2) is 0 Å². The largest absolute Gasteiger partial charge is 0.412 e. The molecule has 78 valence electrons. The Hall–Kier alpha value is -0.120. The van der Waals surface area contributed by atoms with Gasteiger partial charge in [0.1, 0.15) is 0 Å². The lowest BCUT2D eigenvalue weighted by molar-refractivity contribution is -0.124. The van der Waals surface area contributed by atoms with Crippen molar-refractivity contribution >= 4 is 0 Å². The van der Waals surface area contributed by atoms with Crippen LogP contribution in [0.1, 0.15) is 38.5 Å². The fourth-order valence-corrected chi connectivity index (χ4v) is 4.06. The average molecular weight is 187 g/mol. The lowest BCUT2D eigenvalue weighted by atomic mass is 9.54. The van der Waals surface area contributed by atoms with Gasteiger partial charge in [-0.05, 0) is 56.3 Å². The second kappa shape index (κ2) is 3.23. The molecule has 3 nitrogen and oxygen atoms in total. The molecule has 4 bridgehead atoms. The number of rotatable bonds is 0. The first-order valence-electron chi connectivity index (χ1n) is 4.96. The molecule has 0 aromatic rings. The number of hydrogen-bond donors (Lipinski definition) is 2. The highest BCUT2D eigenvalue weighted by Crippen LogP contribution is 2.55. The van der Waals surface area contributed by atoms with Gasteiger partial charge < -0.3 is 16.7 Å². The van der Waals surface area contributed by atoms with Crippen molar-refractivity contribution in [3.05, 3.63) is 0 Å². The van der Waals surface area contributed by atoms with Gasteiger partial charge >= 0.3 is 0 Å². The Balaban J connectivity index is 0.000000422. The third kappa shape index (κ3) is 1.60. The van der Waals surface area contributed by atoms with Crippen LogP contribution in [0.5, 0.6) is 0 Å². The Morgan fingerprint density at radius 1 is 0.846 bits per heavy atom. The van der Waals surface area contributed by atoms with Gasteiger partial charge in [-0.1, -0.05) is 0 Å². The Bertz CT molecular complexity index is 158. The van der Waals surface area contributed by atoms with Crippen LogP contribution < -0.4 is 6.15 Å². The summed E-state index contributed by atoms with van der Waals surface area (Å²) in [5.41, 5.74) is -0.200. The van der Waals surface area contributed by atoms with E-state index in [4.69, 9.17) is 0 Å². The first kappa shape index (κ1) is 11.0. The molecule has 6 N–H and O–H groups in total. The van der Waals surface area contributed by atoms with Crippen LogP contribution in [0.25, 0.3) is 0 Å². The quantitative estimate of drug-likeness (QED) is 0.598. The maximum absolute atomic E-state index is 10.1. The molecule has 0 amide bonds. The number of hydrogen-bond acceptors (Lipinski definition) is 2. The molecule has 4 fully saturated rings. The van der Waals surface area contributed by atoms with E-state index in [-0.39, 0.29) is 17.2 Å². The Morgan fingerprint density at radius 3 is 1.38 bits per heavy atom. The van der Waals surface area contributed by atoms with Crippen LogP contribution in [0.4, 0.5) is 0 Å². The fourth-order valence-electron chi connectivity index (χ4n) is 4.06. The third-order valence-electron chi connectivity index (χ3n) is 4.01. The molecule has 0 atom stereocenters. The molecular weight excluding hydrogens is 166 g/mol. The summed E-state index contributed by atoms with van der Waals surface area (Å²) in [5.74, 6) is 2.68. The molecule has 0 radical (unpaired) electrons. The van der Waals surface area contributed by atoms with Gasteiger partial charge in [0, 0.05) is 0 Å². The highest BCUT2D eigenvalue weighted by atomic mass is 16.3. The first-order valence-corrected chi connectivity index (χ1v) is 4.96. The van der Waals surface area contributed by atoms with Crippen molar-refractivity contribution in [2.75, 3.05) is 0 Å². The smallest absolute Gasteiger partial charge is 0.0655 e. The van der Waals surface area contributed by atoms with Crippen molar-refractivity contribution in [3.63, 3.8) is 0 Å². The molecule has 0 saturated heterocycles. The van der Waals surface area contributed by atoms with Crippen LogP contribution in [0, 0.1) is 17.8 Å². The van der Waals surface area contributed by atoms with E-state index in [1.165, 1.54) is 19.3 Å². The average Bonchev–Trinajstić information content (AvgIpc) is 1.79. The van der Waals surface area contributed by atoms with Gasteiger partial charge in [-0.2, -0.15) is 0 Å². The lowest BCUT2D eigenvalue weighted by Gasteiger charge is -2.54. The first-order chi connectivity index (χ1) is 5.23. The zero-order valence-electron chi connectivity index (χ0n) is 8.13. The van der Waals surface area contributed by atoms with Crippen molar-refractivity contribution in [1.82, 2.24) is 6.15 Å². The van der Waals surface area contributed by atoms with Crippen molar-refractivity contribution in [2.45, 2.75) is 44.1 Å². The summed E-state index contributed by atoms with van der Waals surface area (Å²) < 4.78 is 0. The van der Waals surface area contributed by atoms with Gasteiger partial charge in [0.05, 0.1) is 5.60 Å². The predicted octanol–water partition coefficient (Wildman–Crippen LogP) is 1.28. The topological polar surface area (TPSA) is 86.7 Å². The molecule has 0 spiro atoms. The summed E-state index contributed by atoms with van der Waals surface area (Å²) in [6.45, 7) is 0. The molecule has 0 aliphatic heterocycles. The van der Waals surface area contributed by atoms with Crippen LogP contribution >= 0.6 is 0 Å². The van der Waals surface area contributed by atoms with Gasteiger partial charge in [0.2, 0.25) is 0 Å². The molecule has 0 heterocycles. The van der Waals surface area contributed by atoms with Crippen LogP contribution in [0.2, 0.25) is 0 Å². The van der Waals surface area contributed by atoms with Crippen molar-refractivity contribution in [1.29, 1.82) is 0 Å². The van der Waals surface area contributed by atoms with E-state index in [1.54, 1.807) is 0 Å². The molecule has 3 heteroatoms. The van der Waals surface area contributed by atoms with Gasteiger partial charge in [-0.25, -0.2) is 0 Å². The second-order valence-corrected chi connectivity index (χ2v) is 5.14. The number of aliphatic hydroxyl groups is 1. The Kier molecular flexibility index (Phi) is 2.72. The van der Waals surface area contributed by atoms with Gasteiger partial charge in [-0.15, -0.1) is 0 Å². The maximum atomic E-state index is 10.1. The maximum Gasteiger partial charge on any atom is 0.0655 e. The van der Waals surface area contributed by atoms with E-state index in [0.29, 0.717) is 0 Å². The summed E-state index contributed by atoms with van der Waals surface area (Å²) in [5, 5.41) is 10.1. The zero-order valence-corrected chi connectivity index (χ0v) is 8.13. The second-order valence-electron chi connectivity index (χ2n) is 5.14. The molecule has 4 aliphatic carbocycles. The van der Waals surface area contributed by atoms with Crippen molar-refractivity contribution in [2.24, 2.45) is 17.8 Å². The minimum atomic E-state index is -0.200. The molecule has 0 aromatic carbocycles. The Labute approximate surface area is 79.4 Å². The van der Waals surface area contributed by atoms with Gasteiger partial charge in [-0.3, -0.25) is 0 Å². The van der Waals surface area contributed by atoms with Crippen LogP contribution in [0.15, 0.2) is 0 Å². The molecule has 13 heavy (non-hydrogen) atoms. The van der Waals surface area contributed by atoms with E-state index < -0.39 is 0 Å². The highest BCUT2D eigenvalue weighted by Gasteiger charge is 2.49. The Morgan fingerprint density at radius 2 is 1.15 bits per heavy atom. The molecule has 4 rings (SSSR count). The molecule has 0 aromatic heterocycles. The molecule has 4 aliphatic rings. The minimum Gasteiger partial charge on any atom is -0.412 e. The van der Waals surface area contributed by atoms with Crippen molar-refractivity contribution < 1.29 is 10.6 Å². The molecule has 4 saturated carbocycles. The molecule has 0 unspecified atom stereocenters. The zero-order chi connectivity index (χ0) is 7.47. The summed E-state index contributed by atoms with van der Waals surface area (Å²) in [7, 11) is 0. The summed E-state index contributed by atoms with van der Waals surface area (Å²) in [4.78, 5) is 0. The van der Waals surface area contributed by atoms with Gasteiger partial charge in [0.25, 0.3) is 0 Å². The minimum absolute atomic E-state index is 0. The summed E-state index contributed by atoms with van der Waals surface area (Å²) in [6.07, 6.45) is 7.66. The van der Waals surface area contributed by atoms with E-state index in [2.05, 4.69) is 0 Å². The van der Waals surface area contributed by atoms with E-state index in [0.717, 1.165) is 37.0 Å². The monoisotopic (exact) mass is 187 g/mol. The lowest BCUT2D eigenvalue weighted by Crippen LogP contribution is -2.50. The third-order valence-corrected chi connectivity index (χ3v) is 4.01. The standard InChI is InChI=1S/C10H16O.H3N.H2O/c11-10-4-7-1-8(5-10)3-9(2-7)6-10;;/h7-9,11H,1-6H2;1H3;1H2. The fraction of sp³-hybridized carbons (Fsp3) is 1.00. The van der Waals surface area contributed by atoms with E-state index in [9.17, 15) is 5.11 Å². The van der Waals surface area contributed by atoms with E-state index >= 15 is 0 Å². The SMILES string of the molecule is N.O.OC12CC3CC(CC(C3)C1)C2. The predicted molar refractivity (Wildman–Crippen MR) is 51.8 cm³/mol. The summed E-state index contributed by atoms with van der Waals surface area (Å²) in [6, 6.07) is 0.